The summed E-state index contributed by atoms with van der Waals surface area (Å²) in [6, 6.07) is 4.07. The number of amides is 1. The maximum absolute atomic E-state index is 12.2. The minimum atomic E-state index is -3.97. The van der Waals surface area contributed by atoms with E-state index in [9.17, 15) is 18.0 Å². The van der Waals surface area contributed by atoms with Crippen LogP contribution in [0.4, 0.5) is 0 Å². The molecular weight excluding hydrogens is 308 g/mol. The molecule has 1 aromatic carbocycles. The fraction of sp³-hybridized carbons (Fsp3) is 0.429. The van der Waals surface area contributed by atoms with E-state index in [2.05, 4.69) is 10.0 Å². The molecule has 0 bridgehead atoms. The molecule has 0 fully saturated rings. The Morgan fingerprint density at radius 1 is 1.23 bits per heavy atom. The number of carbonyl (C=O) groups excluding carboxylic acids is 1. The third-order valence-electron chi connectivity index (χ3n) is 3.42. The van der Waals surface area contributed by atoms with Crippen molar-refractivity contribution in [2.24, 2.45) is 5.92 Å². The second-order valence-corrected chi connectivity index (χ2v) is 6.64. The van der Waals surface area contributed by atoms with E-state index in [4.69, 9.17) is 5.11 Å². The fourth-order valence-electron chi connectivity index (χ4n) is 1.81. The van der Waals surface area contributed by atoms with Crippen LogP contribution in [0.15, 0.2) is 29.2 Å². The number of aliphatic carboxylic acids is 1. The van der Waals surface area contributed by atoms with Crippen molar-refractivity contribution < 1.29 is 23.1 Å². The summed E-state index contributed by atoms with van der Waals surface area (Å²) in [5.41, 5.74) is 0.318. The van der Waals surface area contributed by atoms with Gasteiger partial charge in [0.25, 0.3) is 5.91 Å². The molecule has 0 aromatic heterocycles. The molecule has 1 aromatic rings. The van der Waals surface area contributed by atoms with Gasteiger partial charge in [-0.05, 0) is 30.2 Å². The van der Waals surface area contributed by atoms with E-state index in [0.29, 0.717) is 12.0 Å². The summed E-state index contributed by atoms with van der Waals surface area (Å²) in [6.45, 7) is 3.45. The van der Waals surface area contributed by atoms with E-state index in [0.717, 1.165) is 0 Å². The molecule has 0 radical (unpaired) electrons. The van der Waals surface area contributed by atoms with Crippen molar-refractivity contribution in [3.8, 4) is 0 Å². The number of benzene rings is 1. The first-order chi connectivity index (χ1) is 10.2. The zero-order valence-corrected chi connectivity index (χ0v) is 13.5. The van der Waals surface area contributed by atoms with Crippen molar-refractivity contribution >= 4 is 21.9 Å². The van der Waals surface area contributed by atoms with Crippen LogP contribution >= 0.6 is 0 Å². The van der Waals surface area contributed by atoms with Gasteiger partial charge in [0.2, 0.25) is 10.0 Å². The van der Waals surface area contributed by atoms with Crippen LogP contribution in [0.25, 0.3) is 0 Å². The monoisotopic (exact) mass is 328 g/mol. The Bertz CT molecular complexity index is 640. The first kappa shape index (κ1) is 18.1. The van der Waals surface area contributed by atoms with Gasteiger partial charge >= 0.3 is 5.97 Å². The fourth-order valence-corrected chi connectivity index (χ4v) is 3.11. The number of hydrogen-bond donors (Lipinski definition) is 3. The van der Waals surface area contributed by atoms with Crippen LogP contribution in [0.3, 0.4) is 0 Å². The molecule has 1 rings (SSSR count). The summed E-state index contributed by atoms with van der Waals surface area (Å²) in [7, 11) is -2.50. The van der Waals surface area contributed by atoms with Crippen molar-refractivity contribution in [2.45, 2.75) is 31.2 Å². The molecule has 7 nitrogen and oxygen atoms in total. The summed E-state index contributed by atoms with van der Waals surface area (Å²) in [4.78, 5) is 22.5. The number of carbonyl (C=O) groups is 2. The van der Waals surface area contributed by atoms with Gasteiger partial charge in [0.05, 0.1) is 4.90 Å². The molecule has 0 unspecified atom stereocenters. The van der Waals surface area contributed by atoms with Crippen LogP contribution in [-0.4, -0.2) is 38.5 Å². The highest BCUT2D eigenvalue weighted by Crippen LogP contribution is 2.15. The Balaban J connectivity index is 3.03. The molecule has 0 spiro atoms. The number of carboxylic acid groups (broad SMARTS) is 1. The van der Waals surface area contributed by atoms with Crippen LogP contribution in [0.1, 0.15) is 30.6 Å². The summed E-state index contributed by atoms with van der Waals surface area (Å²) in [6.07, 6.45) is 0.523. The lowest BCUT2D eigenvalue weighted by Gasteiger charge is -2.20. The minimum Gasteiger partial charge on any atom is -0.480 e. The van der Waals surface area contributed by atoms with Gasteiger partial charge in [-0.25, -0.2) is 8.42 Å². The van der Waals surface area contributed by atoms with Gasteiger partial charge in [0, 0.05) is 12.6 Å². The number of carboxylic acids is 1. The molecule has 0 saturated carbocycles. The quantitative estimate of drug-likeness (QED) is 0.686. The second-order valence-electron chi connectivity index (χ2n) is 4.93. The van der Waals surface area contributed by atoms with Crippen molar-refractivity contribution in [3.05, 3.63) is 29.8 Å². The number of hydrogen-bond acceptors (Lipinski definition) is 4. The first-order valence-corrected chi connectivity index (χ1v) is 8.28. The summed E-state index contributed by atoms with van der Waals surface area (Å²) in [5.74, 6) is -1.91. The molecule has 3 N–H and O–H groups in total. The largest absolute Gasteiger partial charge is 0.480 e. The van der Waals surface area contributed by atoms with E-state index in [1.807, 2.05) is 0 Å². The Labute approximate surface area is 129 Å². The topological polar surface area (TPSA) is 113 Å². The normalized spacial score (nSPS) is 14.1. The molecule has 0 aliphatic carbocycles. The van der Waals surface area contributed by atoms with Gasteiger partial charge in [-0.1, -0.05) is 20.3 Å². The molecule has 0 saturated heterocycles. The number of sulfonamides is 1. The van der Waals surface area contributed by atoms with Crippen LogP contribution in [-0.2, 0) is 14.8 Å². The van der Waals surface area contributed by atoms with Crippen molar-refractivity contribution in [1.82, 2.24) is 10.0 Å². The minimum absolute atomic E-state index is 0.0882. The van der Waals surface area contributed by atoms with E-state index in [-0.39, 0.29) is 16.7 Å². The van der Waals surface area contributed by atoms with Gasteiger partial charge in [0.15, 0.2) is 0 Å². The van der Waals surface area contributed by atoms with Crippen LogP contribution in [0.2, 0.25) is 0 Å². The SMILES string of the molecule is CC[C@H](C)[C@H](NS(=O)(=O)c1ccc(C(=O)NC)cc1)C(=O)O. The lowest BCUT2D eigenvalue weighted by Crippen LogP contribution is -2.44. The summed E-state index contributed by atoms with van der Waals surface area (Å²) in [5, 5.41) is 11.6. The molecule has 0 aliphatic heterocycles. The Kier molecular flexibility index (Phi) is 6.07. The average molecular weight is 328 g/mol. The highest BCUT2D eigenvalue weighted by molar-refractivity contribution is 7.89. The third kappa shape index (κ3) is 4.28. The van der Waals surface area contributed by atoms with E-state index in [1.54, 1.807) is 13.8 Å². The van der Waals surface area contributed by atoms with Crippen molar-refractivity contribution in [2.75, 3.05) is 7.05 Å². The zero-order chi connectivity index (χ0) is 16.9. The molecule has 122 valence electrons. The first-order valence-electron chi connectivity index (χ1n) is 6.80. The maximum Gasteiger partial charge on any atom is 0.322 e. The third-order valence-corrected chi connectivity index (χ3v) is 4.87. The smallest absolute Gasteiger partial charge is 0.322 e. The molecular formula is C14H20N2O5S. The summed E-state index contributed by atoms with van der Waals surface area (Å²) < 4.78 is 26.7. The standard InChI is InChI=1S/C14H20N2O5S/c1-4-9(2)12(14(18)19)16-22(20,21)11-7-5-10(6-8-11)13(17)15-3/h5-9,12,16H,4H2,1-3H3,(H,15,17)(H,18,19)/t9-,12-/m0/s1. The molecule has 2 atom stereocenters. The lowest BCUT2D eigenvalue weighted by atomic mass is 10.0. The van der Waals surface area contributed by atoms with Gasteiger partial charge in [0.1, 0.15) is 6.04 Å². The van der Waals surface area contributed by atoms with Crippen LogP contribution in [0.5, 0.6) is 0 Å². The number of rotatable bonds is 7. The van der Waals surface area contributed by atoms with E-state index < -0.39 is 22.0 Å². The Hall–Kier alpha value is -1.93. The lowest BCUT2D eigenvalue weighted by molar-refractivity contribution is -0.140. The molecule has 1 amide bonds. The highest BCUT2D eigenvalue weighted by Gasteiger charge is 2.29. The van der Waals surface area contributed by atoms with Crippen molar-refractivity contribution in [1.29, 1.82) is 0 Å². The van der Waals surface area contributed by atoms with Gasteiger partial charge in [-0.15, -0.1) is 0 Å². The predicted octanol–water partition coefficient (Wildman–Crippen LogP) is 0.824. The zero-order valence-electron chi connectivity index (χ0n) is 12.7. The van der Waals surface area contributed by atoms with Gasteiger partial charge < -0.3 is 10.4 Å². The molecule has 0 heterocycles. The van der Waals surface area contributed by atoms with Crippen LogP contribution < -0.4 is 10.0 Å². The Morgan fingerprint density at radius 2 is 1.77 bits per heavy atom. The van der Waals surface area contributed by atoms with Crippen LogP contribution in [0, 0.1) is 5.92 Å². The second kappa shape index (κ2) is 7.37. The maximum atomic E-state index is 12.2. The van der Waals surface area contributed by atoms with Crippen molar-refractivity contribution in [3.63, 3.8) is 0 Å². The van der Waals surface area contributed by atoms with Gasteiger partial charge in [-0.3, -0.25) is 9.59 Å². The Morgan fingerprint density at radius 3 is 2.18 bits per heavy atom. The summed E-state index contributed by atoms with van der Waals surface area (Å²) >= 11 is 0. The van der Waals surface area contributed by atoms with Gasteiger partial charge in [-0.2, -0.15) is 4.72 Å². The molecule has 22 heavy (non-hydrogen) atoms. The van der Waals surface area contributed by atoms with E-state index >= 15 is 0 Å². The predicted molar refractivity (Wildman–Crippen MR) is 81.0 cm³/mol. The average Bonchev–Trinajstić information content (AvgIpc) is 2.51. The molecule has 8 heteroatoms. The highest BCUT2D eigenvalue weighted by atomic mass is 32.2. The number of nitrogens with one attached hydrogen (secondary N) is 2. The van der Waals surface area contributed by atoms with E-state index in [1.165, 1.54) is 31.3 Å². The molecule has 0 aliphatic rings.